The van der Waals surface area contributed by atoms with E-state index >= 15 is 0 Å². The van der Waals surface area contributed by atoms with Gasteiger partial charge in [-0.25, -0.2) is 17.2 Å². The number of ketones is 1. The quantitative estimate of drug-likeness (QED) is 0.355. The first-order chi connectivity index (χ1) is 15.7. The fraction of sp³-hybridized carbons (Fsp3) is 0.409. The van der Waals surface area contributed by atoms with E-state index in [1.54, 1.807) is 4.90 Å². The van der Waals surface area contributed by atoms with Gasteiger partial charge in [-0.2, -0.15) is 4.31 Å². The molecule has 4 rings (SSSR count). The molecule has 2 aromatic rings. The summed E-state index contributed by atoms with van der Waals surface area (Å²) >= 11 is 0. The van der Waals surface area contributed by atoms with Crippen LogP contribution < -0.4 is 4.90 Å². The molecule has 2 aliphatic heterocycles. The molecule has 0 N–H and O–H groups in total. The van der Waals surface area contributed by atoms with Crippen LogP contribution in [0.25, 0.3) is 0 Å². The van der Waals surface area contributed by atoms with E-state index in [1.165, 1.54) is 16.4 Å². The summed E-state index contributed by atoms with van der Waals surface area (Å²) < 4.78 is 55.3. The third kappa shape index (κ3) is 4.60. The van der Waals surface area contributed by atoms with Crippen LogP contribution in [0.3, 0.4) is 0 Å². The van der Waals surface area contributed by atoms with Crippen LogP contribution in [0.5, 0.6) is 0 Å². The lowest BCUT2D eigenvalue weighted by molar-refractivity contribution is -0.385. The number of nitro benzene ring substituents is 1. The van der Waals surface area contributed by atoms with E-state index in [0.29, 0.717) is 44.7 Å². The highest BCUT2D eigenvalue weighted by molar-refractivity contribution is 7.89. The van der Waals surface area contributed by atoms with Crippen molar-refractivity contribution in [3.63, 3.8) is 0 Å². The average molecular weight is 480 g/mol. The van der Waals surface area contributed by atoms with E-state index in [2.05, 4.69) is 0 Å². The number of carbonyl (C=O) groups is 1. The van der Waals surface area contributed by atoms with Gasteiger partial charge in [0, 0.05) is 44.2 Å². The molecule has 2 aliphatic rings. The number of hydrogen-bond donors (Lipinski definition) is 0. The molecule has 2 aromatic carbocycles. The normalized spacial score (nSPS) is 17.9. The van der Waals surface area contributed by atoms with Crippen LogP contribution in [0, 0.1) is 27.7 Å². The van der Waals surface area contributed by atoms with Gasteiger partial charge in [-0.3, -0.25) is 14.9 Å². The molecule has 8 nitrogen and oxygen atoms in total. The van der Waals surface area contributed by atoms with E-state index in [4.69, 9.17) is 0 Å². The van der Waals surface area contributed by atoms with Gasteiger partial charge < -0.3 is 4.90 Å². The standard InChI is InChI=1S/C22H23F2N3O5S/c23-16-3-5-19(24)18(13-16)22(28)15-7-11-25(12-8-15)20-6-4-17(27(29)30)14-21(20)33(31,32)26-9-1-2-10-26/h3-6,13-15H,1-2,7-12H2. The molecule has 0 aromatic heterocycles. The Morgan fingerprint density at radius 1 is 1.00 bits per heavy atom. The third-order valence-corrected chi connectivity index (χ3v) is 8.17. The number of piperidine rings is 1. The van der Waals surface area contributed by atoms with E-state index < -0.39 is 38.3 Å². The third-order valence-electron chi connectivity index (χ3n) is 6.24. The SMILES string of the molecule is O=C(c1cc(F)ccc1F)C1CCN(c2ccc([N+](=O)[O-])cc2S(=O)(=O)N2CCCC2)CC1. The zero-order valence-electron chi connectivity index (χ0n) is 17.7. The van der Waals surface area contributed by atoms with Gasteiger partial charge in [0.2, 0.25) is 10.0 Å². The summed E-state index contributed by atoms with van der Waals surface area (Å²) in [5.74, 6) is -2.49. The first kappa shape index (κ1) is 23.2. The Labute approximate surface area is 190 Å². The molecule has 0 bridgehead atoms. The molecule has 0 spiro atoms. The lowest BCUT2D eigenvalue weighted by Gasteiger charge is -2.34. The maximum Gasteiger partial charge on any atom is 0.270 e. The van der Waals surface area contributed by atoms with Gasteiger partial charge in [0.05, 0.1) is 16.2 Å². The summed E-state index contributed by atoms with van der Waals surface area (Å²) in [6, 6.07) is 6.53. The van der Waals surface area contributed by atoms with Gasteiger partial charge in [0.1, 0.15) is 16.5 Å². The molecule has 0 radical (unpaired) electrons. The Hall–Kier alpha value is -2.92. The topological polar surface area (TPSA) is 101 Å². The Balaban J connectivity index is 1.58. The molecule has 0 amide bonds. The zero-order chi connectivity index (χ0) is 23.8. The fourth-order valence-electron chi connectivity index (χ4n) is 4.44. The van der Waals surface area contributed by atoms with Crippen molar-refractivity contribution in [1.29, 1.82) is 0 Å². The molecule has 2 heterocycles. The first-order valence-electron chi connectivity index (χ1n) is 10.7. The van der Waals surface area contributed by atoms with Crippen LogP contribution in [0.2, 0.25) is 0 Å². The van der Waals surface area contributed by atoms with Crippen LogP contribution in [-0.2, 0) is 10.0 Å². The number of hydrogen-bond acceptors (Lipinski definition) is 6. The minimum Gasteiger partial charge on any atom is -0.370 e. The van der Waals surface area contributed by atoms with Crippen molar-refractivity contribution in [3.8, 4) is 0 Å². The molecule has 0 atom stereocenters. The first-order valence-corrected chi connectivity index (χ1v) is 12.2. The van der Waals surface area contributed by atoms with Crippen LogP contribution in [0.1, 0.15) is 36.0 Å². The van der Waals surface area contributed by atoms with Crippen molar-refractivity contribution in [3.05, 3.63) is 63.7 Å². The number of anilines is 1. The highest BCUT2D eigenvalue weighted by Crippen LogP contribution is 2.35. The fourth-order valence-corrected chi connectivity index (χ4v) is 6.19. The largest absolute Gasteiger partial charge is 0.370 e. The molecular weight excluding hydrogens is 456 g/mol. The molecule has 0 unspecified atom stereocenters. The maximum atomic E-state index is 14.0. The second-order valence-electron chi connectivity index (χ2n) is 8.27. The van der Waals surface area contributed by atoms with Crippen LogP contribution in [0.15, 0.2) is 41.3 Å². The van der Waals surface area contributed by atoms with Crippen LogP contribution >= 0.6 is 0 Å². The Morgan fingerprint density at radius 3 is 2.30 bits per heavy atom. The van der Waals surface area contributed by atoms with E-state index in [-0.39, 0.29) is 16.1 Å². The maximum absolute atomic E-state index is 14.0. The minimum atomic E-state index is -3.93. The van der Waals surface area contributed by atoms with Crippen molar-refractivity contribution in [2.45, 2.75) is 30.6 Å². The number of sulfonamides is 1. The Bertz CT molecular complexity index is 1190. The Morgan fingerprint density at radius 2 is 1.67 bits per heavy atom. The molecule has 11 heteroatoms. The van der Waals surface area contributed by atoms with Gasteiger partial charge >= 0.3 is 0 Å². The number of halogens is 2. The molecule has 176 valence electrons. The Kier molecular flexibility index (Phi) is 6.44. The molecule has 0 aliphatic carbocycles. The number of non-ortho nitro benzene ring substituents is 1. The van der Waals surface area contributed by atoms with Crippen LogP contribution in [-0.4, -0.2) is 49.6 Å². The number of nitrogens with zero attached hydrogens (tertiary/aromatic N) is 3. The monoisotopic (exact) mass is 479 g/mol. The predicted molar refractivity (Wildman–Crippen MR) is 117 cm³/mol. The second-order valence-corrected chi connectivity index (χ2v) is 10.2. The van der Waals surface area contributed by atoms with Crippen molar-refractivity contribution in [2.75, 3.05) is 31.1 Å². The van der Waals surface area contributed by atoms with Gasteiger partial charge in [0.15, 0.2) is 5.78 Å². The summed E-state index contributed by atoms with van der Waals surface area (Å²) in [4.78, 5) is 25.0. The smallest absolute Gasteiger partial charge is 0.270 e. The van der Waals surface area contributed by atoms with Crippen LogP contribution in [0.4, 0.5) is 20.2 Å². The molecule has 0 saturated carbocycles. The lowest BCUT2D eigenvalue weighted by Crippen LogP contribution is -2.38. The highest BCUT2D eigenvalue weighted by Gasteiger charge is 2.34. The van der Waals surface area contributed by atoms with E-state index in [0.717, 1.165) is 37.1 Å². The molecule has 2 fully saturated rings. The second kappa shape index (κ2) is 9.14. The number of nitro groups is 1. The number of Topliss-reactive ketones (excluding diaryl/α,β-unsaturated/α-hetero) is 1. The van der Waals surface area contributed by atoms with Crippen molar-refractivity contribution < 1.29 is 26.9 Å². The van der Waals surface area contributed by atoms with Gasteiger partial charge in [-0.15, -0.1) is 0 Å². The molecule has 33 heavy (non-hydrogen) atoms. The predicted octanol–water partition coefficient (Wildman–Crippen LogP) is 3.76. The van der Waals surface area contributed by atoms with Gasteiger partial charge in [0.25, 0.3) is 5.69 Å². The summed E-state index contributed by atoms with van der Waals surface area (Å²) in [5, 5.41) is 11.3. The average Bonchev–Trinajstić information content (AvgIpc) is 3.36. The number of carbonyl (C=O) groups excluding carboxylic acids is 1. The minimum absolute atomic E-state index is 0.125. The van der Waals surface area contributed by atoms with Crippen molar-refractivity contribution in [1.82, 2.24) is 4.31 Å². The molecular formula is C22H23F2N3O5S. The summed E-state index contributed by atoms with van der Waals surface area (Å²) in [6.07, 6.45) is 2.09. The van der Waals surface area contributed by atoms with Crippen molar-refractivity contribution in [2.24, 2.45) is 5.92 Å². The number of rotatable bonds is 6. The van der Waals surface area contributed by atoms with Gasteiger partial charge in [-0.1, -0.05) is 0 Å². The highest BCUT2D eigenvalue weighted by atomic mass is 32.2. The summed E-state index contributed by atoms with van der Waals surface area (Å²) in [6.45, 7) is 1.32. The summed E-state index contributed by atoms with van der Waals surface area (Å²) in [5.41, 5.74) is -0.264. The molecule has 2 saturated heterocycles. The zero-order valence-corrected chi connectivity index (χ0v) is 18.6. The summed E-state index contributed by atoms with van der Waals surface area (Å²) in [7, 11) is -3.93. The van der Waals surface area contributed by atoms with E-state index in [1.807, 2.05) is 0 Å². The lowest BCUT2D eigenvalue weighted by atomic mass is 9.88. The van der Waals surface area contributed by atoms with E-state index in [9.17, 15) is 32.1 Å². The number of benzene rings is 2. The van der Waals surface area contributed by atoms with Crippen molar-refractivity contribution >= 4 is 27.2 Å². The van der Waals surface area contributed by atoms with Gasteiger partial charge in [-0.05, 0) is 49.9 Å².